The number of guanidine groups is 1. The standard InChI is InChI=1S/C25H17N3O5/c1-14-23(22(29)18-12-11-17(31-2)13-21(18)32-14)33-16-9-7-15(8-10-16)24(30)28-25-26-19-5-3-4-6-20(19)27-25/h3-13H,1-2H3. The third-order valence-electron chi connectivity index (χ3n) is 5.07. The molecule has 33 heavy (non-hydrogen) atoms. The molecule has 0 saturated heterocycles. The zero-order valence-electron chi connectivity index (χ0n) is 17.7. The number of aliphatic imine (C=N–C) groups is 1. The lowest BCUT2D eigenvalue weighted by atomic mass is 10.2. The first kappa shape index (κ1) is 20.3. The smallest absolute Gasteiger partial charge is 0.280 e. The zero-order valence-corrected chi connectivity index (χ0v) is 17.7. The van der Waals surface area contributed by atoms with E-state index >= 15 is 0 Å². The number of hydrogen-bond donors (Lipinski definition) is 0. The van der Waals surface area contributed by atoms with Crippen LogP contribution in [0.25, 0.3) is 11.0 Å². The molecular formula is C25H17N3O5. The van der Waals surface area contributed by atoms with Crippen molar-refractivity contribution in [2.24, 2.45) is 15.0 Å². The Hall–Kier alpha value is -4.59. The summed E-state index contributed by atoms with van der Waals surface area (Å²) in [4.78, 5) is 37.8. The van der Waals surface area contributed by atoms with Gasteiger partial charge in [0.25, 0.3) is 11.9 Å². The van der Waals surface area contributed by atoms with Crippen LogP contribution in [-0.4, -0.2) is 19.0 Å². The van der Waals surface area contributed by atoms with Crippen molar-refractivity contribution < 1.29 is 18.7 Å². The first-order valence-electron chi connectivity index (χ1n) is 10.1. The number of nitrogens with zero attached hydrogens (tertiary/aromatic N) is 3. The number of ether oxygens (including phenoxy) is 2. The Balaban J connectivity index is 1.39. The molecule has 0 bridgehead atoms. The average molecular weight is 439 g/mol. The Labute approximate surface area is 187 Å². The van der Waals surface area contributed by atoms with Gasteiger partial charge in [0.1, 0.15) is 22.8 Å². The van der Waals surface area contributed by atoms with Gasteiger partial charge in [-0.25, -0.2) is 9.98 Å². The Morgan fingerprint density at radius 3 is 2.27 bits per heavy atom. The molecule has 4 aromatic rings. The van der Waals surface area contributed by atoms with Crippen LogP contribution in [0.15, 0.2) is 90.9 Å². The minimum atomic E-state index is -0.479. The lowest BCUT2D eigenvalue weighted by Crippen LogP contribution is -2.19. The monoisotopic (exact) mass is 439 g/mol. The van der Waals surface area contributed by atoms with Crippen LogP contribution in [0.3, 0.4) is 0 Å². The predicted octanol–water partition coefficient (Wildman–Crippen LogP) is 3.35. The van der Waals surface area contributed by atoms with E-state index < -0.39 is 5.91 Å². The SMILES string of the molecule is COc1ccc2c(=O)c(Oc3ccc(C(=O)N=C4N=c5ccccc5=N4)cc3)c(C)oc2c1. The summed E-state index contributed by atoms with van der Waals surface area (Å²) in [6.45, 7) is 1.65. The van der Waals surface area contributed by atoms with Gasteiger partial charge >= 0.3 is 0 Å². The van der Waals surface area contributed by atoms with Crippen molar-refractivity contribution in [2.45, 2.75) is 6.92 Å². The van der Waals surface area contributed by atoms with Crippen LogP contribution in [0.2, 0.25) is 0 Å². The second-order valence-corrected chi connectivity index (χ2v) is 7.23. The fourth-order valence-electron chi connectivity index (χ4n) is 3.40. The maximum atomic E-state index is 12.9. The van der Waals surface area contributed by atoms with Crippen molar-refractivity contribution in [1.29, 1.82) is 0 Å². The van der Waals surface area contributed by atoms with Crippen LogP contribution in [0.1, 0.15) is 16.1 Å². The summed E-state index contributed by atoms with van der Waals surface area (Å²) in [5.74, 6) is 1.01. The fraction of sp³-hybridized carbons (Fsp3) is 0.0800. The Morgan fingerprint density at radius 2 is 1.61 bits per heavy atom. The molecule has 1 aliphatic heterocycles. The van der Waals surface area contributed by atoms with Crippen LogP contribution in [0.4, 0.5) is 0 Å². The molecule has 0 fully saturated rings. The van der Waals surface area contributed by atoms with E-state index in [-0.39, 0.29) is 17.1 Å². The van der Waals surface area contributed by atoms with Crippen molar-refractivity contribution in [3.8, 4) is 17.2 Å². The number of rotatable bonds is 4. The van der Waals surface area contributed by atoms with Gasteiger partial charge < -0.3 is 13.9 Å². The van der Waals surface area contributed by atoms with Gasteiger partial charge in [-0.2, -0.15) is 4.99 Å². The summed E-state index contributed by atoms with van der Waals surface area (Å²) < 4.78 is 16.7. The quantitative estimate of drug-likeness (QED) is 0.485. The summed E-state index contributed by atoms with van der Waals surface area (Å²) >= 11 is 0. The minimum absolute atomic E-state index is 0.0771. The first-order chi connectivity index (χ1) is 16.0. The molecule has 1 aliphatic rings. The number of benzene rings is 3. The van der Waals surface area contributed by atoms with Gasteiger partial charge in [0.15, 0.2) is 0 Å². The summed E-state index contributed by atoms with van der Waals surface area (Å²) in [6.07, 6.45) is 0. The van der Waals surface area contributed by atoms with Crippen molar-refractivity contribution in [1.82, 2.24) is 0 Å². The fourth-order valence-corrected chi connectivity index (χ4v) is 3.40. The molecule has 0 radical (unpaired) electrons. The number of hydrogen-bond acceptors (Lipinski definition) is 5. The van der Waals surface area contributed by atoms with Crippen LogP contribution < -0.4 is 25.6 Å². The molecule has 0 atom stereocenters. The molecule has 0 unspecified atom stereocenters. The third-order valence-corrected chi connectivity index (χ3v) is 5.07. The van der Waals surface area contributed by atoms with Crippen LogP contribution in [0.5, 0.6) is 17.2 Å². The lowest BCUT2D eigenvalue weighted by Gasteiger charge is -2.09. The molecule has 3 aromatic carbocycles. The van der Waals surface area contributed by atoms with E-state index in [4.69, 9.17) is 13.9 Å². The summed E-state index contributed by atoms with van der Waals surface area (Å²) in [5.41, 5.74) is 0.451. The van der Waals surface area contributed by atoms with E-state index in [1.807, 2.05) is 12.1 Å². The molecule has 1 amide bonds. The van der Waals surface area contributed by atoms with Gasteiger partial charge in [0.05, 0.1) is 23.2 Å². The molecule has 8 nitrogen and oxygen atoms in total. The van der Waals surface area contributed by atoms with E-state index in [9.17, 15) is 9.59 Å². The Kier molecular flexibility index (Phi) is 5.02. The highest BCUT2D eigenvalue weighted by Crippen LogP contribution is 2.27. The Morgan fingerprint density at radius 1 is 0.939 bits per heavy atom. The van der Waals surface area contributed by atoms with Gasteiger partial charge in [-0.1, -0.05) is 12.1 Å². The number of methoxy groups -OCH3 is 1. The van der Waals surface area contributed by atoms with Gasteiger partial charge in [-0.05, 0) is 55.5 Å². The van der Waals surface area contributed by atoms with Crippen molar-refractivity contribution in [3.05, 3.63) is 99.0 Å². The van der Waals surface area contributed by atoms with E-state index in [1.165, 1.54) is 0 Å². The van der Waals surface area contributed by atoms with E-state index in [0.29, 0.717) is 44.5 Å². The molecule has 162 valence electrons. The highest BCUT2D eigenvalue weighted by atomic mass is 16.5. The number of fused-ring (bicyclic) bond motifs is 2. The van der Waals surface area contributed by atoms with Crippen LogP contribution in [0, 0.1) is 6.92 Å². The highest BCUT2D eigenvalue weighted by molar-refractivity contribution is 6.03. The maximum absolute atomic E-state index is 12.9. The minimum Gasteiger partial charge on any atom is -0.497 e. The second-order valence-electron chi connectivity index (χ2n) is 7.23. The second kappa shape index (κ2) is 8.16. The molecule has 2 heterocycles. The van der Waals surface area contributed by atoms with E-state index in [0.717, 1.165) is 0 Å². The molecular weight excluding hydrogens is 422 g/mol. The van der Waals surface area contributed by atoms with Crippen molar-refractivity contribution in [2.75, 3.05) is 7.11 Å². The van der Waals surface area contributed by atoms with E-state index in [1.54, 1.807) is 68.6 Å². The van der Waals surface area contributed by atoms with E-state index in [2.05, 4.69) is 15.0 Å². The number of amides is 1. The lowest BCUT2D eigenvalue weighted by molar-refractivity contribution is 0.100. The van der Waals surface area contributed by atoms with Gasteiger partial charge in [-0.3, -0.25) is 9.59 Å². The summed E-state index contributed by atoms with van der Waals surface area (Å²) in [7, 11) is 1.54. The maximum Gasteiger partial charge on any atom is 0.280 e. The largest absolute Gasteiger partial charge is 0.497 e. The van der Waals surface area contributed by atoms with Crippen LogP contribution >= 0.6 is 0 Å². The highest BCUT2D eigenvalue weighted by Gasteiger charge is 2.15. The van der Waals surface area contributed by atoms with Gasteiger partial charge in [-0.15, -0.1) is 0 Å². The van der Waals surface area contributed by atoms with Crippen molar-refractivity contribution in [3.63, 3.8) is 0 Å². The summed E-state index contributed by atoms with van der Waals surface area (Å²) in [6, 6.07) is 18.6. The Bertz CT molecular complexity index is 1580. The third kappa shape index (κ3) is 3.89. The van der Waals surface area contributed by atoms with Crippen molar-refractivity contribution >= 4 is 22.8 Å². The molecule has 0 spiro atoms. The molecule has 0 aliphatic carbocycles. The predicted molar refractivity (Wildman–Crippen MR) is 121 cm³/mol. The average Bonchev–Trinajstić information content (AvgIpc) is 3.24. The van der Waals surface area contributed by atoms with Crippen LogP contribution in [-0.2, 0) is 0 Å². The summed E-state index contributed by atoms with van der Waals surface area (Å²) in [5, 5.41) is 1.73. The first-order valence-corrected chi connectivity index (χ1v) is 10.1. The molecule has 0 saturated carbocycles. The molecule has 0 N–H and O–H groups in total. The normalized spacial score (nSPS) is 12.0. The molecule has 5 rings (SSSR count). The molecule has 8 heteroatoms. The number of aryl methyl sites for hydroxylation is 1. The number of carbonyl (C=O) groups excluding carboxylic acids is 1. The van der Waals surface area contributed by atoms with Gasteiger partial charge in [0.2, 0.25) is 11.2 Å². The topological polar surface area (TPSA) is 103 Å². The number of carbonyl (C=O) groups is 1. The van der Waals surface area contributed by atoms with Gasteiger partial charge in [0, 0.05) is 11.6 Å². The zero-order chi connectivity index (χ0) is 22.9. The molecule has 1 aromatic heterocycles. The number of para-hydroxylation sites is 2.